The summed E-state index contributed by atoms with van der Waals surface area (Å²) in [5.41, 5.74) is 3.07. The Labute approximate surface area is 139 Å². The number of rotatable bonds is 4. The van der Waals surface area contributed by atoms with Crippen LogP contribution in [0.4, 0.5) is 0 Å². The average Bonchev–Trinajstić information content (AvgIpc) is 3.01. The predicted molar refractivity (Wildman–Crippen MR) is 89.0 cm³/mol. The summed E-state index contributed by atoms with van der Waals surface area (Å²) >= 11 is 0. The van der Waals surface area contributed by atoms with Gasteiger partial charge in [-0.1, -0.05) is 0 Å². The Balaban J connectivity index is 1.84. The minimum atomic E-state index is -0.179. The zero-order chi connectivity index (χ0) is 17.3. The van der Waals surface area contributed by atoms with E-state index < -0.39 is 0 Å². The van der Waals surface area contributed by atoms with Crippen molar-refractivity contribution in [1.82, 2.24) is 24.3 Å². The number of amides is 1. The molecule has 0 saturated carbocycles. The molecule has 3 heterocycles. The standard InChI is InChI=1S/C17H19N5O2/c1-11-8-19-13(12(2)15(11)24-4)9-21(3)16(23)14-10-22-7-5-6-18-17(22)20-14/h5-8,10H,9H2,1-4H3. The fraction of sp³-hybridized carbons (Fsp3) is 0.294. The molecule has 0 atom stereocenters. The minimum Gasteiger partial charge on any atom is -0.496 e. The molecule has 0 aliphatic heterocycles. The van der Waals surface area contributed by atoms with Crippen LogP contribution in [0.15, 0.2) is 30.9 Å². The van der Waals surface area contributed by atoms with Crippen molar-refractivity contribution in [3.8, 4) is 5.75 Å². The van der Waals surface area contributed by atoms with Crippen LogP contribution >= 0.6 is 0 Å². The molecular formula is C17H19N5O2. The minimum absolute atomic E-state index is 0.179. The van der Waals surface area contributed by atoms with Gasteiger partial charge in [0.15, 0.2) is 0 Å². The number of aryl methyl sites for hydroxylation is 1. The Kier molecular flexibility index (Phi) is 4.16. The SMILES string of the molecule is COc1c(C)cnc(CN(C)C(=O)c2cn3cccnc3n2)c1C. The number of pyridine rings is 1. The summed E-state index contributed by atoms with van der Waals surface area (Å²) < 4.78 is 7.14. The molecule has 3 aromatic rings. The topological polar surface area (TPSA) is 72.6 Å². The number of carbonyl (C=O) groups excluding carboxylic acids is 1. The molecule has 0 N–H and O–H groups in total. The van der Waals surface area contributed by atoms with Crippen molar-refractivity contribution in [2.45, 2.75) is 20.4 Å². The Morgan fingerprint density at radius 2 is 2.12 bits per heavy atom. The normalized spacial score (nSPS) is 10.8. The Bertz CT molecular complexity index is 870. The molecule has 24 heavy (non-hydrogen) atoms. The van der Waals surface area contributed by atoms with Crippen LogP contribution in [-0.4, -0.2) is 44.3 Å². The van der Waals surface area contributed by atoms with Crippen molar-refractivity contribution in [2.75, 3.05) is 14.2 Å². The monoisotopic (exact) mass is 325 g/mol. The van der Waals surface area contributed by atoms with E-state index in [1.807, 2.05) is 20.0 Å². The van der Waals surface area contributed by atoms with Gasteiger partial charge in [0.1, 0.15) is 11.4 Å². The molecule has 0 aliphatic carbocycles. The van der Waals surface area contributed by atoms with Crippen molar-refractivity contribution in [2.24, 2.45) is 0 Å². The van der Waals surface area contributed by atoms with Crippen LogP contribution in [0.25, 0.3) is 5.78 Å². The molecule has 0 unspecified atom stereocenters. The number of fused-ring (bicyclic) bond motifs is 1. The zero-order valence-electron chi connectivity index (χ0n) is 14.1. The van der Waals surface area contributed by atoms with E-state index in [-0.39, 0.29) is 5.91 Å². The first kappa shape index (κ1) is 15.9. The third-order valence-corrected chi connectivity index (χ3v) is 3.94. The van der Waals surface area contributed by atoms with E-state index in [2.05, 4.69) is 15.0 Å². The summed E-state index contributed by atoms with van der Waals surface area (Å²) in [5, 5.41) is 0. The van der Waals surface area contributed by atoms with Crippen LogP contribution in [-0.2, 0) is 6.54 Å². The molecule has 0 spiro atoms. The van der Waals surface area contributed by atoms with Crippen molar-refractivity contribution >= 4 is 11.7 Å². The van der Waals surface area contributed by atoms with Crippen molar-refractivity contribution in [1.29, 1.82) is 0 Å². The number of carbonyl (C=O) groups is 1. The van der Waals surface area contributed by atoms with Crippen molar-refractivity contribution in [3.63, 3.8) is 0 Å². The third kappa shape index (κ3) is 2.80. The largest absolute Gasteiger partial charge is 0.496 e. The van der Waals surface area contributed by atoms with E-state index >= 15 is 0 Å². The second-order valence-electron chi connectivity index (χ2n) is 5.66. The van der Waals surface area contributed by atoms with Gasteiger partial charge in [-0.25, -0.2) is 9.97 Å². The van der Waals surface area contributed by atoms with Gasteiger partial charge in [0, 0.05) is 43.0 Å². The average molecular weight is 325 g/mol. The Hall–Kier alpha value is -2.96. The Morgan fingerprint density at radius 1 is 1.33 bits per heavy atom. The molecule has 0 saturated heterocycles. The summed E-state index contributed by atoms with van der Waals surface area (Å²) in [6.45, 7) is 4.27. The van der Waals surface area contributed by atoms with Crippen molar-refractivity contribution in [3.05, 3.63) is 53.4 Å². The highest BCUT2D eigenvalue weighted by atomic mass is 16.5. The van der Waals surface area contributed by atoms with Crippen LogP contribution in [0, 0.1) is 13.8 Å². The highest BCUT2D eigenvalue weighted by molar-refractivity contribution is 5.92. The van der Waals surface area contributed by atoms with Gasteiger partial charge in [-0.2, -0.15) is 0 Å². The van der Waals surface area contributed by atoms with E-state index in [4.69, 9.17) is 4.74 Å². The first-order valence-corrected chi connectivity index (χ1v) is 7.55. The van der Waals surface area contributed by atoms with E-state index in [1.165, 1.54) is 0 Å². The third-order valence-electron chi connectivity index (χ3n) is 3.94. The zero-order valence-corrected chi connectivity index (χ0v) is 14.1. The lowest BCUT2D eigenvalue weighted by Crippen LogP contribution is -2.27. The van der Waals surface area contributed by atoms with E-state index in [0.717, 1.165) is 22.6 Å². The van der Waals surface area contributed by atoms with Crippen LogP contribution in [0.1, 0.15) is 27.3 Å². The van der Waals surface area contributed by atoms with Gasteiger partial charge in [-0.05, 0) is 19.9 Å². The smallest absolute Gasteiger partial charge is 0.274 e. The molecule has 3 rings (SSSR count). The number of hydrogen-bond donors (Lipinski definition) is 0. The molecule has 0 radical (unpaired) electrons. The molecule has 1 amide bonds. The first-order chi connectivity index (χ1) is 11.5. The molecule has 0 bridgehead atoms. The molecule has 0 aliphatic rings. The maximum Gasteiger partial charge on any atom is 0.274 e. The molecule has 0 aromatic carbocycles. The molecular weight excluding hydrogens is 306 g/mol. The summed E-state index contributed by atoms with van der Waals surface area (Å²) in [6, 6.07) is 1.79. The van der Waals surface area contributed by atoms with E-state index in [0.29, 0.717) is 18.0 Å². The summed E-state index contributed by atoms with van der Waals surface area (Å²) in [6.07, 6.45) is 6.89. The number of methoxy groups -OCH3 is 1. The highest BCUT2D eigenvalue weighted by Gasteiger charge is 2.18. The van der Waals surface area contributed by atoms with Gasteiger partial charge in [0.2, 0.25) is 5.78 Å². The van der Waals surface area contributed by atoms with Crippen LogP contribution in [0.3, 0.4) is 0 Å². The maximum absolute atomic E-state index is 12.6. The van der Waals surface area contributed by atoms with Gasteiger partial charge >= 0.3 is 0 Å². The number of imidazole rings is 1. The summed E-state index contributed by atoms with van der Waals surface area (Å²) in [4.78, 5) is 27.0. The second-order valence-corrected chi connectivity index (χ2v) is 5.66. The molecule has 124 valence electrons. The molecule has 7 nitrogen and oxygen atoms in total. The quantitative estimate of drug-likeness (QED) is 0.734. The van der Waals surface area contributed by atoms with Gasteiger partial charge in [-0.3, -0.25) is 14.2 Å². The number of aromatic nitrogens is 4. The second kappa shape index (κ2) is 6.27. The summed E-state index contributed by atoms with van der Waals surface area (Å²) in [5.74, 6) is 1.12. The molecule has 0 fully saturated rings. The fourth-order valence-corrected chi connectivity index (χ4v) is 2.66. The predicted octanol–water partition coefficient (Wildman–Crippen LogP) is 2.02. The first-order valence-electron chi connectivity index (χ1n) is 7.55. The fourth-order valence-electron chi connectivity index (χ4n) is 2.66. The number of ether oxygens (including phenoxy) is 1. The van der Waals surface area contributed by atoms with Crippen LogP contribution in [0.2, 0.25) is 0 Å². The summed E-state index contributed by atoms with van der Waals surface area (Å²) in [7, 11) is 3.37. The van der Waals surface area contributed by atoms with Gasteiger partial charge in [0.05, 0.1) is 19.3 Å². The lowest BCUT2D eigenvalue weighted by Gasteiger charge is -2.18. The lowest BCUT2D eigenvalue weighted by molar-refractivity contribution is 0.0778. The van der Waals surface area contributed by atoms with Crippen molar-refractivity contribution < 1.29 is 9.53 Å². The maximum atomic E-state index is 12.6. The number of hydrogen-bond acceptors (Lipinski definition) is 5. The lowest BCUT2D eigenvalue weighted by atomic mass is 10.1. The van der Waals surface area contributed by atoms with Gasteiger partial charge in [-0.15, -0.1) is 0 Å². The molecule has 3 aromatic heterocycles. The van der Waals surface area contributed by atoms with Crippen LogP contribution in [0.5, 0.6) is 5.75 Å². The van der Waals surface area contributed by atoms with Gasteiger partial charge in [0.25, 0.3) is 5.91 Å². The van der Waals surface area contributed by atoms with E-state index in [9.17, 15) is 4.79 Å². The van der Waals surface area contributed by atoms with Crippen LogP contribution < -0.4 is 4.74 Å². The molecule has 7 heteroatoms. The number of nitrogens with zero attached hydrogens (tertiary/aromatic N) is 5. The van der Waals surface area contributed by atoms with E-state index in [1.54, 1.807) is 48.1 Å². The highest BCUT2D eigenvalue weighted by Crippen LogP contribution is 2.24. The Morgan fingerprint density at radius 3 is 2.83 bits per heavy atom. The van der Waals surface area contributed by atoms with Gasteiger partial charge < -0.3 is 9.64 Å².